The minimum Gasteiger partial charge on any atom is -0.479 e. The molecule has 0 spiro atoms. The summed E-state index contributed by atoms with van der Waals surface area (Å²) >= 11 is 0. The molecule has 0 amide bonds. The first-order valence-corrected chi connectivity index (χ1v) is 6.85. The van der Waals surface area contributed by atoms with E-state index in [0.29, 0.717) is 0 Å². The summed E-state index contributed by atoms with van der Waals surface area (Å²) in [6, 6.07) is 5.87. The Hall–Kier alpha value is -1.70. The van der Waals surface area contributed by atoms with E-state index in [1.165, 1.54) is 12.1 Å². The summed E-state index contributed by atoms with van der Waals surface area (Å²) in [7, 11) is -3.86. The Morgan fingerprint density at radius 3 is 2.37 bits per heavy atom. The van der Waals surface area contributed by atoms with Gasteiger partial charge < -0.3 is 10.2 Å². The molecule has 1 aromatic rings. The lowest BCUT2D eigenvalue weighted by Crippen LogP contribution is -2.46. The number of aliphatic carboxylic acids is 1. The van der Waals surface area contributed by atoms with Gasteiger partial charge in [-0.3, -0.25) is 0 Å². The SMILES string of the molecule is C=Cc1ccc(S(=O)(=O)NCC(C)(O)C(=O)O)cc1. The van der Waals surface area contributed by atoms with E-state index >= 15 is 0 Å². The van der Waals surface area contributed by atoms with Gasteiger partial charge in [-0.2, -0.15) is 0 Å². The maximum Gasteiger partial charge on any atom is 0.336 e. The standard InChI is InChI=1S/C12H15NO5S/c1-3-9-4-6-10(7-5-9)19(17,18)13-8-12(2,16)11(14)15/h3-7,13,16H,1,8H2,2H3,(H,14,15). The lowest BCUT2D eigenvalue weighted by molar-refractivity contribution is -0.155. The van der Waals surface area contributed by atoms with E-state index in [1.807, 2.05) is 4.72 Å². The Bertz CT molecular complexity index is 575. The fourth-order valence-electron chi connectivity index (χ4n) is 1.18. The topological polar surface area (TPSA) is 104 Å². The normalized spacial score (nSPS) is 14.6. The molecular formula is C12H15NO5S. The molecule has 0 heterocycles. The van der Waals surface area contributed by atoms with E-state index in [-0.39, 0.29) is 4.90 Å². The van der Waals surface area contributed by atoms with Crippen LogP contribution in [0.15, 0.2) is 35.7 Å². The van der Waals surface area contributed by atoms with Crippen molar-refractivity contribution in [2.24, 2.45) is 0 Å². The fourth-order valence-corrected chi connectivity index (χ4v) is 2.31. The zero-order chi connectivity index (χ0) is 14.7. The van der Waals surface area contributed by atoms with E-state index in [4.69, 9.17) is 5.11 Å². The molecule has 0 bridgehead atoms. The molecular weight excluding hydrogens is 270 g/mol. The van der Waals surface area contributed by atoms with Crippen LogP contribution in [0.1, 0.15) is 12.5 Å². The Morgan fingerprint density at radius 2 is 1.95 bits per heavy atom. The summed E-state index contributed by atoms with van der Waals surface area (Å²) in [4.78, 5) is 10.6. The Balaban J connectivity index is 2.87. The van der Waals surface area contributed by atoms with Crippen LogP contribution < -0.4 is 4.72 Å². The van der Waals surface area contributed by atoms with Crippen LogP contribution in [0.4, 0.5) is 0 Å². The highest BCUT2D eigenvalue weighted by Crippen LogP contribution is 2.12. The Labute approximate surface area is 111 Å². The highest BCUT2D eigenvalue weighted by Gasteiger charge is 2.31. The zero-order valence-electron chi connectivity index (χ0n) is 10.3. The van der Waals surface area contributed by atoms with Crippen molar-refractivity contribution in [1.29, 1.82) is 0 Å². The molecule has 0 radical (unpaired) electrons. The molecule has 0 aliphatic heterocycles. The predicted octanol–water partition coefficient (Wildman–Crippen LogP) is 0.443. The maximum absolute atomic E-state index is 11.9. The van der Waals surface area contributed by atoms with Gasteiger partial charge in [0.05, 0.1) is 11.4 Å². The van der Waals surface area contributed by atoms with Crippen LogP contribution in [-0.2, 0) is 14.8 Å². The van der Waals surface area contributed by atoms with E-state index in [9.17, 15) is 18.3 Å². The fraction of sp³-hybridized carbons (Fsp3) is 0.250. The van der Waals surface area contributed by atoms with Crippen LogP contribution in [-0.4, -0.2) is 36.7 Å². The van der Waals surface area contributed by atoms with Gasteiger partial charge in [0.1, 0.15) is 0 Å². The Morgan fingerprint density at radius 1 is 1.42 bits per heavy atom. The number of benzene rings is 1. The summed E-state index contributed by atoms with van der Waals surface area (Å²) in [6.45, 7) is 3.94. The van der Waals surface area contributed by atoms with Gasteiger partial charge in [0, 0.05) is 0 Å². The van der Waals surface area contributed by atoms with E-state index in [2.05, 4.69) is 6.58 Å². The number of hydrogen-bond acceptors (Lipinski definition) is 4. The number of carbonyl (C=O) groups is 1. The molecule has 6 nitrogen and oxygen atoms in total. The van der Waals surface area contributed by atoms with Crippen molar-refractivity contribution in [3.8, 4) is 0 Å². The van der Waals surface area contributed by atoms with Crippen LogP contribution in [0.5, 0.6) is 0 Å². The summed E-state index contributed by atoms with van der Waals surface area (Å²) in [5.41, 5.74) is -1.40. The van der Waals surface area contributed by atoms with E-state index in [0.717, 1.165) is 12.5 Å². The van der Waals surface area contributed by atoms with Crippen molar-refractivity contribution in [2.75, 3.05) is 6.54 Å². The maximum atomic E-state index is 11.9. The van der Waals surface area contributed by atoms with Crippen LogP contribution in [0.2, 0.25) is 0 Å². The predicted molar refractivity (Wildman–Crippen MR) is 70.0 cm³/mol. The summed E-state index contributed by atoms with van der Waals surface area (Å²) in [5, 5.41) is 18.1. The molecule has 3 N–H and O–H groups in total. The second-order valence-corrected chi connectivity index (χ2v) is 5.94. The second kappa shape index (κ2) is 5.52. The Kier molecular flexibility index (Phi) is 4.46. The third-order valence-corrected chi connectivity index (χ3v) is 3.91. The first-order valence-electron chi connectivity index (χ1n) is 5.37. The number of sulfonamides is 1. The second-order valence-electron chi connectivity index (χ2n) is 4.18. The highest BCUT2D eigenvalue weighted by atomic mass is 32.2. The minimum atomic E-state index is -3.86. The molecule has 1 aromatic carbocycles. The highest BCUT2D eigenvalue weighted by molar-refractivity contribution is 7.89. The van der Waals surface area contributed by atoms with Gasteiger partial charge >= 0.3 is 5.97 Å². The number of nitrogens with one attached hydrogen (secondary N) is 1. The minimum absolute atomic E-state index is 0.0145. The summed E-state index contributed by atoms with van der Waals surface area (Å²) in [6.07, 6.45) is 1.57. The molecule has 0 saturated carbocycles. The van der Waals surface area contributed by atoms with E-state index in [1.54, 1.807) is 18.2 Å². The molecule has 0 aromatic heterocycles. The van der Waals surface area contributed by atoms with E-state index < -0.39 is 28.1 Å². The molecule has 104 valence electrons. The van der Waals surface area contributed by atoms with Crippen LogP contribution >= 0.6 is 0 Å². The molecule has 7 heteroatoms. The zero-order valence-corrected chi connectivity index (χ0v) is 11.1. The van der Waals surface area contributed by atoms with Crippen molar-refractivity contribution in [3.05, 3.63) is 36.4 Å². The molecule has 1 unspecified atom stereocenters. The third kappa shape index (κ3) is 3.88. The summed E-state index contributed by atoms with van der Waals surface area (Å²) in [5.74, 6) is -1.50. The average molecular weight is 285 g/mol. The number of aliphatic hydroxyl groups is 1. The van der Waals surface area contributed by atoms with Crippen molar-refractivity contribution in [3.63, 3.8) is 0 Å². The van der Waals surface area contributed by atoms with Gasteiger partial charge in [0.2, 0.25) is 10.0 Å². The smallest absolute Gasteiger partial charge is 0.336 e. The number of hydrogen-bond donors (Lipinski definition) is 3. The number of carboxylic acid groups (broad SMARTS) is 1. The van der Waals surface area contributed by atoms with Crippen LogP contribution in [0.3, 0.4) is 0 Å². The van der Waals surface area contributed by atoms with Crippen molar-refractivity contribution >= 4 is 22.1 Å². The van der Waals surface area contributed by atoms with Gasteiger partial charge in [0.25, 0.3) is 0 Å². The molecule has 0 saturated heterocycles. The lowest BCUT2D eigenvalue weighted by Gasteiger charge is -2.18. The molecule has 1 rings (SSSR count). The van der Waals surface area contributed by atoms with Crippen LogP contribution in [0.25, 0.3) is 6.08 Å². The van der Waals surface area contributed by atoms with Gasteiger partial charge in [-0.25, -0.2) is 17.9 Å². The quantitative estimate of drug-likeness (QED) is 0.703. The third-order valence-electron chi connectivity index (χ3n) is 2.49. The number of carboxylic acids is 1. The van der Waals surface area contributed by atoms with Crippen molar-refractivity contribution < 1.29 is 23.4 Å². The van der Waals surface area contributed by atoms with Gasteiger partial charge in [-0.05, 0) is 24.6 Å². The van der Waals surface area contributed by atoms with Crippen molar-refractivity contribution in [1.82, 2.24) is 4.72 Å². The van der Waals surface area contributed by atoms with Gasteiger partial charge in [0.15, 0.2) is 5.60 Å². The monoisotopic (exact) mass is 285 g/mol. The number of rotatable bonds is 6. The molecule has 1 atom stereocenters. The average Bonchev–Trinajstić information content (AvgIpc) is 2.36. The van der Waals surface area contributed by atoms with Gasteiger partial charge in [-0.15, -0.1) is 0 Å². The largest absolute Gasteiger partial charge is 0.479 e. The van der Waals surface area contributed by atoms with Crippen LogP contribution in [0, 0.1) is 0 Å². The molecule has 0 aliphatic carbocycles. The van der Waals surface area contributed by atoms with Gasteiger partial charge in [-0.1, -0.05) is 24.8 Å². The summed E-state index contributed by atoms with van der Waals surface area (Å²) < 4.78 is 25.8. The molecule has 0 fully saturated rings. The first kappa shape index (κ1) is 15.4. The molecule has 19 heavy (non-hydrogen) atoms. The lowest BCUT2D eigenvalue weighted by atomic mass is 10.1. The van der Waals surface area contributed by atoms with Crippen molar-refractivity contribution in [2.45, 2.75) is 17.4 Å². The molecule has 0 aliphatic rings. The first-order chi connectivity index (χ1) is 8.69.